The Labute approximate surface area is 200 Å². The second-order valence-corrected chi connectivity index (χ2v) is 11.9. The van der Waals surface area contributed by atoms with Crippen LogP contribution in [0.4, 0.5) is 23.8 Å². The Morgan fingerprint density at radius 2 is 1.71 bits per heavy atom. The first-order chi connectivity index (χ1) is 15.7. The molecule has 34 heavy (non-hydrogen) atoms. The summed E-state index contributed by atoms with van der Waals surface area (Å²) in [6.45, 7) is 15.9. The number of hydrogen-bond donors (Lipinski definition) is 1. The third-order valence-corrected chi connectivity index (χ3v) is 7.21. The van der Waals surface area contributed by atoms with Gasteiger partial charge >= 0.3 is 12.2 Å². The van der Waals surface area contributed by atoms with Gasteiger partial charge in [-0.15, -0.1) is 0 Å². The number of anilines is 1. The Morgan fingerprint density at radius 3 is 2.21 bits per heavy atom. The summed E-state index contributed by atoms with van der Waals surface area (Å²) in [5.74, 6) is 0.933. The number of nitrogens with zero attached hydrogens (tertiary/aromatic N) is 5. The highest BCUT2D eigenvalue weighted by molar-refractivity contribution is 5.75. The first kappa shape index (κ1) is 25.0. The Kier molecular flexibility index (Phi) is 6.50. The topological polar surface area (TPSA) is 64.6 Å². The number of urea groups is 1. The molecule has 1 aromatic heterocycles. The lowest BCUT2D eigenvalue weighted by atomic mass is 9.57. The van der Waals surface area contributed by atoms with Gasteiger partial charge in [0.1, 0.15) is 5.82 Å². The van der Waals surface area contributed by atoms with Crippen LogP contribution in [0, 0.1) is 16.7 Å². The molecule has 2 aliphatic heterocycles. The number of nitrogens with one attached hydrogen (secondary N) is 1. The van der Waals surface area contributed by atoms with E-state index in [1.165, 1.54) is 25.9 Å². The number of likely N-dealkylation sites (tertiary alicyclic amines) is 1. The minimum atomic E-state index is -4.51. The zero-order valence-corrected chi connectivity index (χ0v) is 20.8. The van der Waals surface area contributed by atoms with Crippen molar-refractivity contribution >= 4 is 11.8 Å². The van der Waals surface area contributed by atoms with Crippen molar-refractivity contribution in [1.29, 1.82) is 0 Å². The van der Waals surface area contributed by atoms with Crippen LogP contribution in [0.15, 0.2) is 12.4 Å². The van der Waals surface area contributed by atoms with Gasteiger partial charge in [-0.05, 0) is 43.4 Å². The van der Waals surface area contributed by atoms with Crippen LogP contribution in [0.5, 0.6) is 0 Å². The van der Waals surface area contributed by atoms with Gasteiger partial charge < -0.3 is 20.0 Å². The molecule has 190 valence electrons. The number of carbonyl (C=O) groups excluding carboxylic acids is 1. The summed E-state index contributed by atoms with van der Waals surface area (Å²) in [6.07, 6.45) is -0.223. The summed E-state index contributed by atoms with van der Waals surface area (Å²) in [5.41, 5.74) is -0.206. The van der Waals surface area contributed by atoms with Crippen molar-refractivity contribution in [3.05, 3.63) is 18.1 Å². The van der Waals surface area contributed by atoms with Crippen LogP contribution in [-0.2, 0) is 6.18 Å². The normalized spacial score (nSPS) is 25.8. The van der Waals surface area contributed by atoms with Gasteiger partial charge in [0.2, 0.25) is 0 Å². The fourth-order valence-electron chi connectivity index (χ4n) is 6.12. The van der Waals surface area contributed by atoms with Crippen LogP contribution in [0.2, 0.25) is 0 Å². The molecule has 2 saturated heterocycles. The zero-order valence-electron chi connectivity index (χ0n) is 20.8. The van der Waals surface area contributed by atoms with E-state index in [0.717, 1.165) is 18.9 Å². The molecular formula is C24H37F3N6O. The minimum absolute atomic E-state index is 0.0675. The highest BCUT2D eigenvalue weighted by atomic mass is 19.4. The molecule has 1 aromatic rings. The highest BCUT2D eigenvalue weighted by Gasteiger charge is 2.52. The van der Waals surface area contributed by atoms with Crippen molar-refractivity contribution in [2.45, 2.75) is 65.7 Å². The van der Waals surface area contributed by atoms with E-state index >= 15 is 0 Å². The average Bonchev–Trinajstić information content (AvgIpc) is 2.66. The molecule has 1 aliphatic carbocycles. The molecule has 2 atom stereocenters. The molecule has 0 unspecified atom stereocenters. The van der Waals surface area contributed by atoms with Crippen molar-refractivity contribution in [3.8, 4) is 0 Å². The summed E-state index contributed by atoms with van der Waals surface area (Å²) in [4.78, 5) is 26.7. The molecule has 10 heteroatoms. The second-order valence-electron chi connectivity index (χ2n) is 11.9. The van der Waals surface area contributed by atoms with Gasteiger partial charge in [-0.1, -0.05) is 20.8 Å². The Balaban J connectivity index is 1.22. The van der Waals surface area contributed by atoms with E-state index in [1.54, 1.807) is 0 Å². The molecule has 1 spiro atoms. The summed E-state index contributed by atoms with van der Waals surface area (Å²) < 4.78 is 38.3. The number of carbonyl (C=O) groups is 1. The number of halogens is 3. The van der Waals surface area contributed by atoms with Crippen molar-refractivity contribution in [1.82, 2.24) is 25.1 Å². The number of aromatic nitrogens is 2. The zero-order chi connectivity index (χ0) is 24.9. The molecule has 0 aromatic carbocycles. The van der Waals surface area contributed by atoms with E-state index in [9.17, 15) is 18.0 Å². The van der Waals surface area contributed by atoms with E-state index in [1.807, 2.05) is 23.6 Å². The van der Waals surface area contributed by atoms with Crippen LogP contribution < -0.4 is 10.2 Å². The van der Waals surface area contributed by atoms with Gasteiger partial charge in [-0.3, -0.25) is 0 Å². The van der Waals surface area contributed by atoms with Gasteiger partial charge in [-0.2, -0.15) is 13.2 Å². The van der Waals surface area contributed by atoms with E-state index in [-0.39, 0.29) is 18.1 Å². The largest absolute Gasteiger partial charge is 0.434 e. The summed E-state index contributed by atoms with van der Waals surface area (Å²) in [5, 5.41) is 3.13. The maximum atomic E-state index is 13.0. The number of alkyl halides is 3. The molecule has 1 N–H and O–H groups in total. The number of hydrogen-bond acceptors (Lipinski definition) is 5. The summed E-state index contributed by atoms with van der Waals surface area (Å²) in [7, 11) is 0. The lowest BCUT2D eigenvalue weighted by molar-refractivity contribution is -0.141. The lowest BCUT2D eigenvalue weighted by Gasteiger charge is -2.60. The second kappa shape index (κ2) is 8.84. The molecule has 0 bridgehead atoms. The standard InChI is InChI=1S/C24H37F3N6O/c1-16-11-32(20-10-28-19(9-29-20)24(25,26)27)12-17(2)33(16)21(34)30-8-18-6-23(7-18)14-31(15-23)13-22(3,4)5/h9-10,16-18H,6-8,11-15H2,1-5H3,(H,30,34)/t16-,17+. The minimum Gasteiger partial charge on any atom is -0.351 e. The maximum absolute atomic E-state index is 13.0. The predicted molar refractivity (Wildman–Crippen MR) is 124 cm³/mol. The summed E-state index contributed by atoms with van der Waals surface area (Å²) >= 11 is 0. The van der Waals surface area contributed by atoms with Crippen molar-refractivity contribution < 1.29 is 18.0 Å². The smallest absolute Gasteiger partial charge is 0.351 e. The third kappa shape index (κ3) is 5.42. The maximum Gasteiger partial charge on any atom is 0.434 e. The fourth-order valence-corrected chi connectivity index (χ4v) is 6.12. The Morgan fingerprint density at radius 1 is 1.09 bits per heavy atom. The van der Waals surface area contributed by atoms with Gasteiger partial charge in [0, 0.05) is 51.4 Å². The summed E-state index contributed by atoms with van der Waals surface area (Å²) in [6, 6.07) is -0.265. The van der Waals surface area contributed by atoms with E-state index in [2.05, 4.69) is 41.0 Å². The highest BCUT2D eigenvalue weighted by Crippen LogP contribution is 2.52. The van der Waals surface area contributed by atoms with Gasteiger partial charge in [0.25, 0.3) is 0 Å². The van der Waals surface area contributed by atoms with E-state index in [4.69, 9.17) is 0 Å². The molecular weight excluding hydrogens is 445 g/mol. The lowest BCUT2D eigenvalue weighted by Crippen LogP contribution is -2.65. The Hall–Kier alpha value is -2.10. The van der Waals surface area contributed by atoms with Crippen LogP contribution >= 0.6 is 0 Å². The van der Waals surface area contributed by atoms with Crippen LogP contribution in [0.3, 0.4) is 0 Å². The van der Waals surface area contributed by atoms with Gasteiger partial charge in [0.05, 0.1) is 12.4 Å². The van der Waals surface area contributed by atoms with Crippen molar-refractivity contribution in [2.24, 2.45) is 16.7 Å². The van der Waals surface area contributed by atoms with Crippen LogP contribution in [-0.4, -0.2) is 77.2 Å². The van der Waals surface area contributed by atoms with E-state index < -0.39 is 11.9 Å². The van der Waals surface area contributed by atoms with Crippen molar-refractivity contribution in [3.63, 3.8) is 0 Å². The van der Waals surface area contributed by atoms with Crippen LogP contribution in [0.25, 0.3) is 0 Å². The molecule has 2 amide bonds. The monoisotopic (exact) mass is 482 g/mol. The molecule has 0 radical (unpaired) electrons. The van der Waals surface area contributed by atoms with Crippen LogP contribution in [0.1, 0.15) is 53.2 Å². The predicted octanol–water partition coefficient (Wildman–Crippen LogP) is 3.86. The third-order valence-electron chi connectivity index (χ3n) is 7.21. The SMILES string of the molecule is C[C@@H]1CN(c2cnc(C(F)(F)F)cn2)C[C@H](C)N1C(=O)NCC1CC2(C1)CN(CC(C)(C)C)C2. The average molecular weight is 483 g/mol. The number of amides is 2. The fraction of sp³-hybridized carbons (Fsp3) is 0.792. The molecule has 1 saturated carbocycles. The van der Waals surface area contributed by atoms with Gasteiger partial charge in [-0.25, -0.2) is 14.8 Å². The number of rotatable bonds is 4. The molecule has 3 fully saturated rings. The first-order valence-corrected chi connectivity index (χ1v) is 12.2. The molecule has 3 heterocycles. The molecule has 4 rings (SSSR count). The van der Waals surface area contributed by atoms with Gasteiger partial charge in [0.15, 0.2) is 5.69 Å². The quantitative estimate of drug-likeness (QED) is 0.706. The molecule has 3 aliphatic rings. The molecule has 7 nitrogen and oxygen atoms in total. The van der Waals surface area contributed by atoms with E-state index in [0.29, 0.717) is 42.2 Å². The first-order valence-electron chi connectivity index (χ1n) is 12.2. The number of piperazine rings is 1. The van der Waals surface area contributed by atoms with Crippen molar-refractivity contribution in [2.75, 3.05) is 44.2 Å². The Bertz CT molecular complexity index is 858.